The summed E-state index contributed by atoms with van der Waals surface area (Å²) in [6.45, 7) is 2.82. The fraction of sp³-hybridized carbons (Fsp3) is 0.421. The Labute approximate surface area is 145 Å². The van der Waals surface area contributed by atoms with Crippen molar-refractivity contribution in [1.29, 1.82) is 0 Å². The molecule has 1 aromatic heterocycles. The number of rotatable bonds is 9. The van der Waals surface area contributed by atoms with Gasteiger partial charge in [0.2, 0.25) is 5.88 Å². The van der Waals surface area contributed by atoms with Crippen LogP contribution in [0.3, 0.4) is 0 Å². The first-order chi connectivity index (χ1) is 12.0. The highest BCUT2D eigenvalue weighted by molar-refractivity contribution is 5.63. The van der Waals surface area contributed by atoms with Gasteiger partial charge in [-0.3, -0.25) is 0 Å². The van der Waals surface area contributed by atoms with Crippen LogP contribution in [0.15, 0.2) is 42.6 Å². The summed E-state index contributed by atoms with van der Waals surface area (Å²) in [4.78, 5) is 4.24. The molecule has 0 aliphatic rings. The van der Waals surface area contributed by atoms with E-state index in [1.807, 2.05) is 6.07 Å². The van der Waals surface area contributed by atoms with Crippen LogP contribution in [-0.4, -0.2) is 18.0 Å². The zero-order valence-corrected chi connectivity index (χ0v) is 14.2. The molecule has 0 amide bonds. The van der Waals surface area contributed by atoms with E-state index in [4.69, 9.17) is 4.74 Å². The molecule has 0 saturated heterocycles. The summed E-state index contributed by atoms with van der Waals surface area (Å²) in [5.74, 6) is 0.309. The molecular formula is C19H22F3NO2. The fourth-order valence-electron chi connectivity index (χ4n) is 2.37. The Hall–Kier alpha value is -2.24. The summed E-state index contributed by atoms with van der Waals surface area (Å²) in [6.07, 6.45) is 2.81. The van der Waals surface area contributed by atoms with Gasteiger partial charge in [0, 0.05) is 17.8 Å². The monoisotopic (exact) mass is 353 g/mol. The van der Waals surface area contributed by atoms with E-state index in [1.165, 1.54) is 31.4 Å². The van der Waals surface area contributed by atoms with Crippen molar-refractivity contribution in [3.63, 3.8) is 0 Å². The van der Waals surface area contributed by atoms with Crippen LogP contribution >= 0.6 is 0 Å². The number of halogens is 3. The average molecular weight is 353 g/mol. The van der Waals surface area contributed by atoms with E-state index in [2.05, 4.69) is 16.6 Å². The van der Waals surface area contributed by atoms with Gasteiger partial charge in [0.25, 0.3) is 0 Å². The molecule has 0 N–H and O–H groups in total. The molecule has 136 valence electrons. The largest absolute Gasteiger partial charge is 0.573 e. The highest BCUT2D eigenvalue weighted by atomic mass is 19.4. The van der Waals surface area contributed by atoms with Gasteiger partial charge in [-0.15, -0.1) is 13.2 Å². The van der Waals surface area contributed by atoms with Gasteiger partial charge in [0.15, 0.2) is 0 Å². The number of hydrogen-bond acceptors (Lipinski definition) is 3. The van der Waals surface area contributed by atoms with Gasteiger partial charge in [-0.2, -0.15) is 0 Å². The number of pyridine rings is 1. The lowest BCUT2D eigenvalue weighted by Crippen LogP contribution is -2.16. The van der Waals surface area contributed by atoms with Crippen molar-refractivity contribution in [1.82, 2.24) is 4.98 Å². The number of unbranched alkanes of at least 4 members (excludes halogenated alkanes) is 4. The molecule has 0 fully saturated rings. The van der Waals surface area contributed by atoms with Crippen LogP contribution in [0.25, 0.3) is 11.1 Å². The normalized spacial score (nSPS) is 11.4. The van der Waals surface area contributed by atoms with Crippen molar-refractivity contribution >= 4 is 0 Å². The number of hydrogen-bond donors (Lipinski definition) is 0. The number of nitrogens with zero attached hydrogens (tertiary/aromatic N) is 1. The average Bonchev–Trinajstić information content (AvgIpc) is 2.58. The summed E-state index contributed by atoms with van der Waals surface area (Å²) in [5, 5.41) is 0. The van der Waals surface area contributed by atoms with E-state index in [0.29, 0.717) is 12.5 Å². The van der Waals surface area contributed by atoms with Crippen molar-refractivity contribution < 1.29 is 22.6 Å². The summed E-state index contributed by atoms with van der Waals surface area (Å²) in [7, 11) is 0. The zero-order chi connectivity index (χ0) is 18.1. The first-order valence-electron chi connectivity index (χ1n) is 8.43. The van der Waals surface area contributed by atoms with E-state index in [0.717, 1.165) is 24.0 Å². The van der Waals surface area contributed by atoms with Crippen LogP contribution in [0.4, 0.5) is 13.2 Å². The van der Waals surface area contributed by atoms with E-state index in [1.54, 1.807) is 24.4 Å². The van der Waals surface area contributed by atoms with E-state index >= 15 is 0 Å². The maximum absolute atomic E-state index is 12.2. The molecule has 0 aliphatic carbocycles. The van der Waals surface area contributed by atoms with Gasteiger partial charge in [-0.05, 0) is 30.2 Å². The maximum Gasteiger partial charge on any atom is 0.573 e. The second kappa shape index (κ2) is 9.30. The first-order valence-corrected chi connectivity index (χ1v) is 8.43. The Morgan fingerprint density at radius 1 is 0.880 bits per heavy atom. The molecule has 0 spiro atoms. The van der Waals surface area contributed by atoms with Gasteiger partial charge in [-0.25, -0.2) is 4.98 Å². The molecule has 25 heavy (non-hydrogen) atoms. The molecule has 1 aromatic carbocycles. The quantitative estimate of drug-likeness (QED) is 0.518. The topological polar surface area (TPSA) is 31.4 Å². The van der Waals surface area contributed by atoms with Crippen LogP contribution in [-0.2, 0) is 0 Å². The number of aromatic nitrogens is 1. The molecule has 0 saturated carbocycles. The summed E-state index contributed by atoms with van der Waals surface area (Å²) in [6, 6.07) is 9.28. The minimum Gasteiger partial charge on any atom is -0.478 e. The minimum absolute atomic E-state index is 0.243. The SMILES string of the molecule is CCCCCCCOc1ccc(-c2ccc(OC(F)(F)F)cc2)cn1. The molecule has 0 radical (unpaired) electrons. The summed E-state index contributed by atoms with van der Waals surface area (Å²) < 4.78 is 45.9. The van der Waals surface area contributed by atoms with E-state index < -0.39 is 6.36 Å². The highest BCUT2D eigenvalue weighted by Crippen LogP contribution is 2.26. The lowest BCUT2D eigenvalue weighted by Gasteiger charge is -2.09. The van der Waals surface area contributed by atoms with Gasteiger partial charge >= 0.3 is 6.36 Å². The smallest absolute Gasteiger partial charge is 0.478 e. The molecule has 1 heterocycles. The predicted octanol–water partition coefficient (Wildman–Crippen LogP) is 6.00. The van der Waals surface area contributed by atoms with Gasteiger partial charge in [-0.1, -0.05) is 44.7 Å². The molecule has 6 heteroatoms. The molecule has 2 aromatic rings. The van der Waals surface area contributed by atoms with Gasteiger partial charge in [0.1, 0.15) is 5.75 Å². The van der Waals surface area contributed by atoms with Crippen molar-refractivity contribution in [3.8, 4) is 22.8 Å². The number of ether oxygens (including phenoxy) is 2. The second-order valence-corrected chi connectivity index (χ2v) is 5.72. The summed E-state index contributed by atoms with van der Waals surface area (Å²) in [5.41, 5.74) is 1.56. The Bertz CT molecular complexity index is 625. The number of benzene rings is 1. The third kappa shape index (κ3) is 7.03. The molecule has 2 rings (SSSR count). The lowest BCUT2D eigenvalue weighted by molar-refractivity contribution is -0.274. The van der Waals surface area contributed by atoms with Crippen LogP contribution < -0.4 is 9.47 Å². The van der Waals surface area contributed by atoms with Crippen LogP contribution in [0, 0.1) is 0 Å². The van der Waals surface area contributed by atoms with Crippen molar-refractivity contribution in [3.05, 3.63) is 42.6 Å². The zero-order valence-electron chi connectivity index (χ0n) is 14.2. The Morgan fingerprint density at radius 2 is 1.56 bits per heavy atom. The Morgan fingerprint density at radius 3 is 2.16 bits per heavy atom. The number of alkyl halides is 3. The van der Waals surface area contributed by atoms with Crippen molar-refractivity contribution in [2.45, 2.75) is 45.4 Å². The molecule has 0 atom stereocenters. The van der Waals surface area contributed by atoms with Gasteiger partial charge in [0.05, 0.1) is 6.61 Å². The van der Waals surface area contributed by atoms with Crippen LogP contribution in [0.2, 0.25) is 0 Å². The predicted molar refractivity (Wildman–Crippen MR) is 90.6 cm³/mol. The summed E-state index contributed by atoms with van der Waals surface area (Å²) >= 11 is 0. The second-order valence-electron chi connectivity index (χ2n) is 5.72. The van der Waals surface area contributed by atoms with E-state index in [9.17, 15) is 13.2 Å². The van der Waals surface area contributed by atoms with Crippen LogP contribution in [0.1, 0.15) is 39.0 Å². The molecule has 3 nitrogen and oxygen atoms in total. The standard InChI is InChI=1S/C19H22F3NO2/c1-2-3-4-5-6-13-24-18-12-9-16(14-23-18)15-7-10-17(11-8-15)25-19(20,21)22/h7-12,14H,2-6,13H2,1H3. The third-order valence-electron chi connectivity index (χ3n) is 3.66. The Balaban J connectivity index is 1.85. The van der Waals surface area contributed by atoms with Crippen molar-refractivity contribution in [2.24, 2.45) is 0 Å². The maximum atomic E-state index is 12.2. The molecule has 0 unspecified atom stereocenters. The highest BCUT2D eigenvalue weighted by Gasteiger charge is 2.30. The lowest BCUT2D eigenvalue weighted by atomic mass is 10.1. The minimum atomic E-state index is -4.68. The molecular weight excluding hydrogens is 331 g/mol. The Kier molecular flexibility index (Phi) is 7.10. The first kappa shape index (κ1) is 19.1. The van der Waals surface area contributed by atoms with E-state index in [-0.39, 0.29) is 5.75 Å². The molecule has 0 aliphatic heterocycles. The molecule has 0 bridgehead atoms. The van der Waals surface area contributed by atoms with Crippen LogP contribution in [0.5, 0.6) is 11.6 Å². The van der Waals surface area contributed by atoms with Crippen molar-refractivity contribution in [2.75, 3.05) is 6.61 Å². The van der Waals surface area contributed by atoms with Gasteiger partial charge < -0.3 is 9.47 Å². The fourth-order valence-corrected chi connectivity index (χ4v) is 2.37. The third-order valence-corrected chi connectivity index (χ3v) is 3.66.